The van der Waals surface area contributed by atoms with Gasteiger partial charge >= 0.3 is 19.8 Å². The lowest BCUT2D eigenvalue weighted by molar-refractivity contribution is -0.870. The summed E-state index contributed by atoms with van der Waals surface area (Å²) in [5.41, 5.74) is 0. The summed E-state index contributed by atoms with van der Waals surface area (Å²) < 4.78 is 34.9. The second-order valence-electron chi connectivity index (χ2n) is 30.6. The molecule has 0 aliphatic heterocycles. The van der Waals surface area contributed by atoms with Crippen LogP contribution in [-0.2, 0) is 32.7 Å². The van der Waals surface area contributed by atoms with Crippen LogP contribution in [0.4, 0.5) is 0 Å². The van der Waals surface area contributed by atoms with Crippen molar-refractivity contribution in [2.45, 2.75) is 476 Å². The van der Waals surface area contributed by atoms with Gasteiger partial charge < -0.3 is 18.9 Å². The Labute approximate surface area is 582 Å². The third kappa shape index (κ3) is 79.9. The molecule has 0 radical (unpaired) electrons. The van der Waals surface area contributed by atoms with E-state index in [1.54, 1.807) is 0 Å². The van der Waals surface area contributed by atoms with E-state index in [4.69, 9.17) is 18.5 Å². The maximum absolute atomic E-state index is 12.9. The minimum absolute atomic E-state index is 0.0379. The van der Waals surface area contributed by atoms with E-state index in [1.807, 2.05) is 21.1 Å². The molecule has 0 aromatic carbocycles. The van der Waals surface area contributed by atoms with E-state index in [9.17, 15) is 19.0 Å². The molecule has 1 N–H and O–H groups in total. The zero-order valence-electron chi connectivity index (χ0n) is 63.8. The van der Waals surface area contributed by atoms with Crippen LogP contribution in [0, 0.1) is 0 Å². The molecule has 0 aromatic rings. The fraction of sp³-hybridized carbons (Fsp3) is 0.976. The molecular formula is C83H167NO8P+. The molecule has 0 saturated heterocycles. The largest absolute Gasteiger partial charge is 0.472 e. The van der Waals surface area contributed by atoms with Crippen molar-refractivity contribution in [3.63, 3.8) is 0 Å². The van der Waals surface area contributed by atoms with Gasteiger partial charge in [-0.25, -0.2) is 4.57 Å². The van der Waals surface area contributed by atoms with Gasteiger partial charge in [-0.1, -0.05) is 444 Å². The summed E-state index contributed by atoms with van der Waals surface area (Å²) in [6, 6.07) is 0. The van der Waals surface area contributed by atoms with Crippen molar-refractivity contribution >= 4 is 19.8 Å². The van der Waals surface area contributed by atoms with Crippen LogP contribution < -0.4 is 0 Å². The molecule has 2 unspecified atom stereocenters. The molecular weight excluding hydrogens is 1170 g/mol. The molecule has 0 rings (SSSR count). The molecule has 10 heteroatoms. The van der Waals surface area contributed by atoms with Crippen LogP contribution in [-0.4, -0.2) is 74.9 Å². The minimum atomic E-state index is -4.39. The number of nitrogens with zero attached hydrogens (tertiary/aromatic N) is 1. The number of phosphoric acid groups is 1. The first-order valence-corrected chi connectivity index (χ1v) is 43.8. The molecule has 0 bridgehead atoms. The summed E-state index contributed by atoms with van der Waals surface area (Å²) in [7, 11) is 1.51. The molecule has 0 fully saturated rings. The summed E-state index contributed by atoms with van der Waals surface area (Å²) in [4.78, 5) is 36.0. The van der Waals surface area contributed by atoms with E-state index in [1.165, 1.54) is 405 Å². The smallest absolute Gasteiger partial charge is 0.462 e. The van der Waals surface area contributed by atoms with Crippen LogP contribution in [0.25, 0.3) is 0 Å². The Morgan fingerprint density at radius 1 is 0.290 bits per heavy atom. The normalized spacial score (nSPS) is 12.9. The summed E-state index contributed by atoms with van der Waals surface area (Å²) >= 11 is 0. The quantitative estimate of drug-likeness (QED) is 0.0278. The van der Waals surface area contributed by atoms with Gasteiger partial charge in [0.2, 0.25) is 0 Å². The second-order valence-corrected chi connectivity index (χ2v) is 32.0. The van der Waals surface area contributed by atoms with Crippen molar-refractivity contribution in [3.05, 3.63) is 0 Å². The highest BCUT2D eigenvalue weighted by molar-refractivity contribution is 7.47. The lowest BCUT2D eigenvalue weighted by Crippen LogP contribution is -2.37. The number of ether oxygens (including phenoxy) is 2. The SMILES string of the molecule is CCCCCCCCCCCCCCCCCCCCCCCCCCCCCCCCCCCCCCCCCCC(=O)OC(COC(=O)CCCCCCCCCCCCCCCCCCCCCCCCCCCCCCC)COP(=O)(O)OCC[N+](C)(C)C. The third-order valence-electron chi connectivity index (χ3n) is 19.9. The molecule has 0 aromatic heterocycles. The fourth-order valence-electron chi connectivity index (χ4n) is 13.4. The zero-order valence-corrected chi connectivity index (χ0v) is 64.7. The highest BCUT2D eigenvalue weighted by Crippen LogP contribution is 2.43. The zero-order chi connectivity index (χ0) is 67.6. The van der Waals surface area contributed by atoms with E-state index >= 15 is 0 Å². The van der Waals surface area contributed by atoms with Crippen LogP contribution in [0.1, 0.15) is 470 Å². The molecule has 0 aliphatic carbocycles. The number of carbonyl (C=O) groups excluding carboxylic acids is 2. The van der Waals surface area contributed by atoms with E-state index in [2.05, 4.69) is 13.8 Å². The number of carbonyl (C=O) groups is 2. The van der Waals surface area contributed by atoms with E-state index in [0.29, 0.717) is 17.4 Å². The molecule has 2 atom stereocenters. The average molecular weight is 1340 g/mol. The summed E-state index contributed by atoms with van der Waals surface area (Å²) in [6.07, 6.45) is 94.3. The van der Waals surface area contributed by atoms with Crippen LogP contribution in [0.15, 0.2) is 0 Å². The highest BCUT2D eigenvalue weighted by atomic mass is 31.2. The number of esters is 2. The van der Waals surface area contributed by atoms with Crippen LogP contribution in [0.3, 0.4) is 0 Å². The van der Waals surface area contributed by atoms with E-state index in [0.717, 1.165) is 38.5 Å². The van der Waals surface area contributed by atoms with Crippen molar-refractivity contribution in [1.82, 2.24) is 0 Å². The predicted octanol–water partition coefficient (Wildman–Crippen LogP) is 28.0. The molecule has 0 aliphatic rings. The van der Waals surface area contributed by atoms with Crippen molar-refractivity contribution in [2.24, 2.45) is 0 Å². The van der Waals surface area contributed by atoms with Crippen molar-refractivity contribution in [2.75, 3.05) is 47.5 Å². The minimum Gasteiger partial charge on any atom is -0.462 e. The monoisotopic (exact) mass is 1340 g/mol. The van der Waals surface area contributed by atoms with Gasteiger partial charge in [-0.2, -0.15) is 0 Å². The maximum atomic E-state index is 12.9. The van der Waals surface area contributed by atoms with Gasteiger partial charge in [0, 0.05) is 12.8 Å². The van der Waals surface area contributed by atoms with Crippen molar-refractivity contribution < 1.29 is 42.1 Å². The standard InChI is InChI=1S/C83H166NO8P/c1-6-8-10-12-14-16-18-20-22-24-26-28-30-32-34-36-37-38-39-40-41-42-43-44-45-46-48-50-52-54-56-58-60-62-64-66-68-70-72-74-76-83(86)92-81(80-91-93(87,88)90-78-77-84(3,4)5)79-89-82(85)75-73-71-69-67-65-63-61-59-57-55-53-51-49-47-35-33-31-29-27-25-23-21-19-17-15-13-11-9-7-2/h81H,6-80H2,1-5H3/p+1. The Morgan fingerprint density at radius 2 is 0.484 bits per heavy atom. The number of hydrogen-bond acceptors (Lipinski definition) is 7. The van der Waals surface area contributed by atoms with Gasteiger partial charge in [0.1, 0.15) is 19.8 Å². The number of unbranched alkanes of at least 4 members (excludes halogenated alkanes) is 67. The van der Waals surface area contributed by atoms with Gasteiger partial charge in [-0.3, -0.25) is 18.6 Å². The molecule has 0 saturated carbocycles. The van der Waals surface area contributed by atoms with Crippen LogP contribution in [0.5, 0.6) is 0 Å². The lowest BCUT2D eigenvalue weighted by atomic mass is 10.0. The molecule has 0 heterocycles. The van der Waals surface area contributed by atoms with Gasteiger partial charge in [0.25, 0.3) is 0 Å². The topological polar surface area (TPSA) is 108 Å². The van der Waals surface area contributed by atoms with Crippen LogP contribution in [0.2, 0.25) is 0 Å². The molecule has 93 heavy (non-hydrogen) atoms. The van der Waals surface area contributed by atoms with E-state index < -0.39 is 26.5 Å². The van der Waals surface area contributed by atoms with Gasteiger partial charge in [-0.05, 0) is 12.8 Å². The van der Waals surface area contributed by atoms with Gasteiger partial charge in [0.05, 0.1) is 27.7 Å². The Kier molecular flexibility index (Phi) is 74.4. The second kappa shape index (κ2) is 75.2. The molecule has 0 amide bonds. The number of likely N-dealkylation sites (N-methyl/N-ethyl adjacent to an activating group) is 1. The van der Waals surface area contributed by atoms with E-state index in [-0.39, 0.29) is 25.6 Å². The number of rotatable bonds is 81. The molecule has 0 spiro atoms. The Morgan fingerprint density at radius 3 is 0.688 bits per heavy atom. The third-order valence-corrected chi connectivity index (χ3v) is 20.9. The first-order chi connectivity index (χ1) is 45.5. The number of phosphoric ester groups is 1. The Bertz CT molecular complexity index is 1520. The van der Waals surface area contributed by atoms with Crippen LogP contribution >= 0.6 is 7.82 Å². The predicted molar refractivity (Wildman–Crippen MR) is 405 cm³/mol. The van der Waals surface area contributed by atoms with Crippen molar-refractivity contribution in [1.29, 1.82) is 0 Å². The molecule has 9 nitrogen and oxygen atoms in total. The Balaban J connectivity index is 3.84. The number of quaternary nitrogens is 1. The van der Waals surface area contributed by atoms with Gasteiger partial charge in [0.15, 0.2) is 6.10 Å². The lowest BCUT2D eigenvalue weighted by Gasteiger charge is -2.24. The average Bonchev–Trinajstić information content (AvgIpc) is 2.62. The number of hydrogen-bond donors (Lipinski definition) is 1. The molecule has 556 valence electrons. The van der Waals surface area contributed by atoms with Crippen molar-refractivity contribution in [3.8, 4) is 0 Å². The Hall–Kier alpha value is -0.990. The first kappa shape index (κ1) is 92.0. The van der Waals surface area contributed by atoms with Gasteiger partial charge in [-0.15, -0.1) is 0 Å². The summed E-state index contributed by atoms with van der Waals surface area (Å²) in [6.45, 7) is 4.55. The summed E-state index contributed by atoms with van der Waals surface area (Å²) in [5.74, 6) is -0.763. The maximum Gasteiger partial charge on any atom is 0.472 e. The summed E-state index contributed by atoms with van der Waals surface area (Å²) in [5, 5.41) is 0. The fourth-order valence-corrected chi connectivity index (χ4v) is 14.2. The highest BCUT2D eigenvalue weighted by Gasteiger charge is 2.27. The first-order valence-electron chi connectivity index (χ1n) is 42.3.